The SMILES string of the molecule is CC1CCC(CO)(Nc2ccccc2)C(C)C1. The second-order valence-electron chi connectivity index (χ2n) is 5.59. The van der Waals surface area contributed by atoms with Crippen LogP contribution in [0, 0.1) is 11.8 Å². The van der Waals surface area contributed by atoms with Gasteiger partial charge in [-0.3, -0.25) is 0 Å². The molecule has 0 heterocycles. The van der Waals surface area contributed by atoms with Crippen molar-refractivity contribution < 1.29 is 5.11 Å². The van der Waals surface area contributed by atoms with Crippen LogP contribution in [0.15, 0.2) is 30.3 Å². The molecule has 1 aromatic carbocycles. The van der Waals surface area contributed by atoms with Crippen LogP contribution in [0.25, 0.3) is 0 Å². The van der Waals surface area contributed by atoms with E-state index in [-0.39, 0.29) is 12.1 Å². The summed E-state index contributed by atoms with van der Waals surface area (Å²) in [4.78, 5) is 0. The number of aliphatic hydroxyl groups excluding tert-OH is 1. The van der Waals surface area contributed by atoms with Crippen molar-refractivity contribution >= 4 is 5.69 Å². The number of para-hydroxylation sites is 1. The van der Waals surface area contributed by atoms with Gasteiger partial charge in [-0.1, -0.05) is 32.0 Å². The lowest BCUT2D eigenvalue weighted by Gasteiger charge is -2.45. The molecular formula is C15H23NO. The Morgan fingerprint density at radius 3 is 2.59 bits per heavy atom. The quantitative estimate of drug-likeness (QED) is 0.839. The van der Waals surface area contributed by atoms with Gasteiger partial charge in [-0.2, -0.15) is 0 Å². The Hall–Kier alpha value is -1.02. The van der Waals surface area contributed by atoms with Crippen LogP contribution in [0.4, 0.5) is 5.69 Å². The maximum absolute atomic E-state index is 9.80. The van der Waals surface area contributed by atoms with Crippen molar-refractivity contribution in [1.82, 2.24) is 0 Å². The summed E-state index contributed by atoms with van der Waals surface area (Å²) in [5.41, 5.74) is 0.983. The monoisotopic (exact) mass is 233 g/mol. The first kappa shape index (κ1) is 12.4. The van der Waals surface area contributed by atoms with E-state index in [0.717, 1.165) is 18.0 Å². The van der Waals surface area contributed by atoms with Crippen LogP contribution in [0.1, 0.15) is 33.1 Å². The molecule has 1 aromatic rings. The highest BCUT2D eigenvalue weighted by atomic mass is 16.3. The molecule has 0 aliphatic heterocycles. The molecule has 0 spiro atoms. The van der Waals surface area contributed by atoms with Gasteiger partial charge in [0.25, 0.3) is 0 Å². The molecule has 1 saturated carbocycles. The zero-order valence-electron chi connectivity index (χ0n) is 10.8. The molecule has 3 unspecified atom stereocenters. The van der Waals surface area contributed by atoms with Crippen LogP contribution in [0.3, 0.4) is 0 Å². The van der Waals surface area contributed by atoms with Gasteiger partial charge in [0.15, 0.2) is 0 Å². The van der Waals surface area contributed by atoms with Crippen molar-refractivity contribution in [3.05, 3.63) is 30.3 Å². The smallest absolute Gasteiger partial charge is 0.0664 e. The molecule has 0 amide bonds. The third-order valence-electron chi connectivity index (χ3n) is 4.23. The van der Waals surface area contributed by atoms with Gasteiger partial charge >= 0.3 is 0 Å². The van der Waals surface area contributed by atoms with Crippen molar-refractivity contribution in [2.24, 2.45) is 11.8 Å². The van der Waals surface area contributed by atoms with Crippen LogP contribution >= 0.6 is 0 Å². The highest BCUT2D eigenvalue weighted by Crippen LogP contribution is 2.38. The van der Waals surface area contributed by atoms with E-state index in [0.29, 0.717) is 5.92 Å². The minimum absolute atomic E-state index is 0.131. The minimum Gasteiger partial charge on any atom is -0.394 e. The van der Waals surface area contributed by atoms with Crippen molar-refractivity contribution in [1.29, 1.82) is 0 Å². The summed E-state index contributed by atoms with van der Waals surface area (Å²) in [6.07, 6.45) is 3.45. The fraction of sp³-hybridized carbons (Fsp3) is 0.600. The van der Waals surface area contributed by atoms with Gasteiger partial charge in [-0.15, -0.1) is 0 Å². The predicted molar refractivity (Wildman–Crippen MR) is 72.1 cm³/mol. The molecule has 2 N–H and O–H groups in total. The molecule has 0 radical (unpaired) electrons. The minimum atomic E-state index is -0.131. The number of anilines is 1. The van der Waals surface area contributed by atoms with Crippen LogP contribution in [-0.4, -0.2) is 17.3 Å². The Morgan fingerprint density at radius 2 is 2.00 bits per heavy atom. The molecule has 0 bridgehead atoms. The Balaban J connectivity index is 2.14. The van der Waals surface area contributed by atoms with Crippen molar-refractivity contribution in [2.45, 2.75) is 38.6 Å². The van der Waals surface area contributed by atoms with Gasteiger partial charge in [-0.25, -0.2) is 0 Å². The normalized spacial score (nSPS) is 33.4. The highest BCUT2D eigenvalue weighted by molar-refractivity contribution is 5.45. The van der Waals surface area contributed by atoms with Crippen molar-refractivity contribution in [3.63, 3.8) is 0 Å². The zero-order chi connectivity index (χ0) is 12.3. The largest absolute Gasteiger partial charge is 0.394 e. The molecule has 1 aliphatic rings. The Kier molecular flexibility index (Phi) is 3.72. The van der Waals surface area contributed by atoms with E-state index in [2.05, 4.69) is 31.3 Å². The van der Waals surface area contributed by atoms with E-state index in [4.69, 9.17) is 0 Å². The van der Waals surface area contributed by atoms with Crippen LogP contribution in [0.2, 0.25) is 0 Å². The molecule has 94 valence electrons. The van der Waals surface area contributed by atoms with Gasteiger partial charge < -0.3 is 10.4 Å². The van der Waals surface area contributed by atoms with Crippen molar-refractivity contribution in [3.8, 4) is 0 Å². The number of nitrogens with one attached hydrogen (secondary N) is 1. The lowest BCUT2D eigenvalue weighted by Crippen LogP contribution is -2.51. The Bertz CT molecular complexity index is 351. The van der Waals surface area contributed by atoms with Gasteiger partial charge in [0.05, 0.1) is 12.1 Å². The zero-order valence-corrected chi connectivity index (χ0v) is 10.8. The van der Waals surface area contributed by atoms with E-state index in [9.17, 15) is 5.11 Å². The van der Waals surface area contributed by atoms with Gasteiger partial charge in [0, 0.05) is 5.69 Å². The third-order valence-corrected chi connectivity index (χ3v) is 4.23. The van der Waals surface area contributed by atoms with Gasteiger partial charge in [0.1, 0.15) is 0 Å². The number of rotatable bonds is 3. The maximum atomic E-state index is 9.80. The topological polar surface area (TPSA) is 32.3 Å². The third kappa shape index (κ3) is 2.63. The molecule has 1 aliphatic carbocycles. The summed E-state index contributed by atoms with van der Waals surface area (Å²) in [5, 5.41) is 13.4. The summed E-state index contributed by atoms with van der Waals surface area (Å²) in [6.45, 7) is 4.78. The summed E-state index contributed by atoms with van der Waals surface area (Å²) in [6, 6.07) is 10.2. The van der Waals surface area contributed by atoms with Gasteiger partial charge in [0.2, 0.25) is 0 Å². The van der Waals surface area contributed by atoms with E-state index in [1.165, 1.54) is 12.8 Å². The second-order valence-corrected chi connectivity index (χ2v) is 5.59. The average molecular weight is 233 g/mol. The first-order chi connectivity index (χ1) is 8.16. The summed E-state index contributed by atoms with van der Waals surface area (Å²) < 4.78 is 0. The first-order valence-electron chi connectivity index (χ1n) is 6.60. The molecule has 2 nitrogen and oxygen atoms in total. The molecule has 17 heavy (non-hydrogen) atoms. The van der Waals surface area contributed by atoms with Crippen LogP contribution in [-0.2, 0) is 0 Å². The molecule has 2 rings (SSSR count). The fourth-order valence-electron chi connectivity index (χ4n) is 2.97. The lowest BCUT2D eigenvalue weighted by molar-refractivity contribution is 0.106. The first-order valence-corrected chi connectivity index (χ1v) is 6.60. The second kappa shape index (κ2) is 5.09. The Morgan fingerprint density at radius 1 is 1.29 bits per heavy atom. The van der Waals surface area contributed by atoms with Crippen LogP contribution < -0.4 is 5.32 Å². The highest BCUT2D eigenvalue weighted by Gasteiger charge is 2.39. The predicted octanol–water partition coefficient (Wildman–Crippen LogP) is 3.29. The number of aliphatic hydroxyl groups is 1. The number of benzene rings is 1. The molecule has 0 aromatic heterocycles. The number of hydrogen-bond donors (Lipinski definition) is 2. The fourth-order valence-corrected chi connectivity index (χ4v) is 2.97. The maximum Gasteiger partial charge on any atom is 0.0664 e. The van der Waals surface area contributed by atoms with Crippen LogP contribution in [0.5, 0.6) is 0 Å². The molecular weight excluding hydrogens is 210 g/mol. The average Bonchev–Trinajstić information content (AvgIpc) is 2.34. The summed E-state index contributed by atoms with van der Waals surface area (Å²) in [7, 11) is 0. The number of hydrogen-bond acceptors (Lipinski definition) is 2. The van der Waals surface area contributed by atoms with E-state index >= 15 is 0 Å². The van der Waals surface area contributed by atoms with Crippen molar-refractivity contribution in [2.75, 3.05) is 11.9 Å². The van der Waals surface area contributed by atoms with E-state index < -0.39 is 0 Å². The van der Waals surface area contributed by atoms with Gasteiger partial charge in [-0.05, 0) is 43.2 Å². The van der Waals surface area contributed by atoms with E-state index in [1.54, 1.807) is 0 Å². The Labute approximate surface area is 104 Å². The molecule has 1 fully saturated rings. The summed E-state index contributed by atoms with van der Waals surface area (Å²) in [5.74, 6) is 1.29. The van der Waals surface area contributed by atoms with E-state index in [1.807, 2.05) is 18.2 Å². The molecule has 2 heteroatoms. The lowest BCUT2D eigenvalue weighted by atomic mass is 9.70. The summed E-state index contributed by atoms with van der Waals surface area (Å²) >= 11 is 0. The molecule has 0 saturated heterocycles. The standard InChI is InChI=1S/C15H23NO/c1-12-8-9-15(11-17,13(2)10-12)16-14-6-4-3-5-7-14/h3-7,12-13,16-17H,8-11H2,1-2H3. The molecule has 3 atom stereocenters.